The summed E-state index contributed by atoms with van der Waals surface area (Å²) in [6.45, 7) is 5.99. The number of ether oxygens (including phenoxy) is 1. The molecule has 2 atom stereocenters. The fourth-order valence-corrected chi connectivity index (χ4v) is 2.49. The fourth-order valence-electron chi connectivity index (χ4n) is 1.99. The Labute approximate surface area is 125 Å². The van der Waals surface area contributed by atoms with Crippen molar-refractivity contribution in [1.82, 2.24) is 10.3 Å². The maximum Gasteiger partial charge on any atom is 0.0762 e. The normalized spacial score (nSPS) is 14.4. The van der Waals surface area contributed by atoms with Crippen LogP contribution in [0.15, 0.2) is 12.3 Å². The number of nitrogens with zero attached hydrogens (tertiary/aromatic N) is 1. The minimum absolute atomic E-state index is 0.125. The van der Waals surface area contributed by atoms with Crippen molar-refractivity contribution in [2.24, 2.45) is 5.92 Å². The van der Waals surface area contributed by atoms with Crippen molar-refractivity contribution in [2.75, 3.05) is 20.3 Å². The monoisotopic (exact) mass is 304 g/mol. The predicted molar refractivity (Wildman–Crippen MR) is 80.9 cm³/mol. The average Bonchev–Trinajstić information content (AvgIpc) is 2.38. The van der Waals surface area contributed by atoms with E-state index in [1.54, 1.807) is 19.4 Å². The molecule has 0 amide bonds. The molecule has 0 aliphatic rings. The first-order valence-corrected chi connectivity index (χ1v) is 7.39. The highest BCUT2D eigenvalue weighted by molar-refractivity contribution is 6.34. The van der Waals surface area contributed by atoms with Gasteiger partial charge in [-0.25, -0.2) is 0 Å². The minimum atomic E-state index is 0.125. The van der Waals surface area contributed by atoms with Crippen molar-refractivity contribution in [3.63, 3.8) is 0 Å². The smallest absolute Gasteiger partial charge is 0.0762 e. The summed E-state index contributed by atoms with van der Waals surface area (Å²) in [6, 6.07) is 1.87. The molecule has 0 aliphatic heterocycles. The Morgan fingerprint density at radius 2 is 2.16 bits per heavy atom. The average molecular weight is 305 g/mol. The Hall–Kier alpha value is -0.350. The molecule has 0 saturated heterocycles. The SMILES string of the molecule is CCCNC(c1ncc(Cl)cc1Cl)C(C)CCOC. The van der Waals surface area contributed by atoms with E-state index in [4.69, 9.17) is 27.9 Å². The molecule has 0 saturated carbocycles. The van der Waals surface area contributed by atoms with E-state index < -0.39 is 0 Å². The largest absolute Gasteiger partial charge is 0.385 e. The molecule has 0 spiro atoms. The van der Waals surface area contributed by atoms with E-state index in [1.165, 1.54) is 0 Å². The van der Waals surface area contributed by atoms with Gasteiger partial charge in [-0.1, -0.05) is 37.0 Å². The second kappa shape index (κ2) is 8.75. The van der Waals surface area contributed by atoms with Gasteiger partial charge in [-0.15, -0.1) is 0 Å². The number of nitrogens with one attached hydrogen (secondary N) is 1. The lowest BCUT2D eigenvalue weighted by Gasteiger charge is -2.25. The molecule has 0 aromatic carbocycles. The number of hydrogen-bond donors (Lipinski definition) is 1. The zero-order valence-corrected chi connectivity index (χ0v) is 13.3. The molecular formula is C14H22Cl2N2O. The molecular weight excluding hydrogens is 283 g/mol. The van der Waals surface area contributed by atoms with Crippen LogP contribution in [-0.4, -0.2) is 25.2 Å². The van der Waals surface area contributed by atoms with Crippen LogP contribution in [0.5, 0.6) is 0 Å². The molecule has 5 heteroatoms. The highest BCUT2D eigenvalue weighted by Crippen LogP contribution is 2.30. The summed E-state index contributed by atoms with van der Waals surface area (Å²) in [5.41, 5.74) is 0.864. The first-order chi connectivity index (χ1) is 9.10. The Morgan fingerprint density at radius 3 is 2.74 bits per heavy atom. The van der Waals surface area contributed by atoms with Gasteiger partial charge in [-0.3, -0.25) is 4.98 Å². The Balaban J connectivity index is 2.88. The molecule has 0 bridgehead atoms. The number of rotatable bonds is 8. The van der Waals surface area contributed by atoms with E-state index in [1.807, 2.05) is 0 Å². The zero-order chi connectivity index (χ0) is 14.3. The third-order valence-corrected chi connectivity index (χ3v) is 3.60. The molecule has 1 aromatic rings. The highest BCUT2D eigenvalue weighted by Gasteiger charge is 2.22. The first kappa shape index (κ1) is 16.7. The van der Waals surface area contributed by atoms with Crippen LogP contribution in [0, 0.1) is 5.92 Å². The maximum atomic E-state index is 6.26. The second-order valence-electron chi connectivity index (χ2n) is 4.71. The molecule has 3 nitrogen and oxygen atoms in total. The summed E-state index contributed by atoms with van der Waals surface area (Å²) in [5.74, 6) is 0.387. The van der Waals surface area contributed by atoms with Gasteiger partial charge in [0.2, 0.25) is 0 Å². The van der Waals surface area contributed by atoms with E-state index in [-0.39, 0.29) is 6.04 Å². The van der Waals surface area contributed by atoms with Gasteiger partial charge in [0.25, 0.3) is 0 Å². The van der Waals surface area contributed by atoms with Crippen LogP contribution >= 0.6 is 23.2 Å². The summed E-state index contributed by atoms with van der Waals surface area (Å²) in [4.78, 5) is 4.39. The van der Waals surface area contributed by atoms with Gasteiger partial charge in [0.05, 0.1) is 21.8 Å². The molecule has 1 aromatic heterocycles. The van der Waals surface area contributed by atoms with Crippen molar-refractivity contribution in [1.29, 1.82) is 0 Å². The van der Waals surface area contributed by atoms with Crippen molar-refractivity contribution in [3.8, 4) is 0 Å². The summed E-state index contributed by atoms with van der Waals surface area (Å²) in [6.07, 6.45) is 3.67. The van der Waals surface area contributed by atoms with Gasteiger partial charge >= 0.3 is 0 Å². The minimum Gasteiger partial charge on any atom is -0.385 e. The number of aromatic nitrogens is 1. The predicted octanol–water partition coefficient (Wildman–Crippen LogP) is 4.10. The van der Waals surface area contributed by atoms with Crippen molar-refractivity contribution >= 4 is 23.2 Å². The molecule has 2 unspecified atom stereocenters. The molecule has 0 aliphatic carbocycles. The number of pyridine rings is 1. The van der Waals surface area contributed by atoms with Crippen LogP contribution in [0.4, 0.5) is 0 Å². The zero-order valence-electron chi connectivity index (χ0n) is 11.7. The molecule has 1 rings (SSSR count). The molecule has 0 fully saturated rings. The summed E-state index contributed by atoms with van der Waals surface area (Å²) in [7, 11) is 1.72. The topological polar surface area (TPSA) is 34.2 Å². The van der Waals surface area contributed by atoms with Gasteiger partial charge in [0.15, 0.2) is 0 Å². The lowest BCUT2D eigenvalue weighted by Crippen LogP contribution is -2.29. The number of hydrogen-bond acceptors (Lipinski definition) is 3. The number of methoxy groups -OCH3 is 1. The standard InChI is InChI=1S/C14H22Cl2N2O/c1-4-6-17-13(10(2)5-7-19-3)14-12(16)8-11(15)9-18-14/h8-10,13,17H,4-7H2,1-3H3. The van der Waals surface area contributed by atoms with Gasteiger partial charge in [0, 0.05) is 19.9 Å². The van der Waals surface area contributed by atoms with Crippen LogP contribution in [0.3, 0.4) is 0 Å². The summed E-state index contributed by atoms with van der Waals surface area (Å²) in [5, 5.41) is 4.69. The van der Waals surface area contributed by atoms with Crippen LogP contribution in [-0.2, 0) is 4.74 Å². The molecule has 108 valence electrons. The second-order valence-corrected chi connectivity index (χ2v) is 5.55. The van der Waals surface area contributed by atoms with Gasteiger partial charge < -0.3 is 10.1 Å². The van der Waals surface area contributed by atoms with E-state index in [9.17, 15) is 0 Å². The first-order valence-electron chi connectivity index (χ1n) is 6.63. The lowest BCUT2D eigenvalue weighted by atomic mass is 9.95. The Bertz CT molecular complexity index is 388. The Kier molecular flexibility index (Phi) is 7.69. The van der Waals surface area contributed by atoms with E-state index >= 15 is 0 Å². The van der Waals surface area contributed by atoms with Gasteiger partial charge in [-0.2, -0.15) is 0 Å². The van der Waals surface area contributed by atoms with Gasteiger partial charge in [-0.05, 0) is 31.4 Å². The molecule has 19 heavy (non-hydrogen) atoms. The molecule has 0 radical (unpaired) electrons. The number of halogens is 2. The van der Waals surface area contributed by atoms with Crippen LogP contribution in [0.25, 0.3) is 0 Å². The Morgan fingerprint density at radius 1 is 1.42 bits per heavy atom. The van der Waals surface area contributed by atoms with Crippen molar-refractivity contribution in [2.45, 2.75) is 32.7 Å². The third-order valence-electron chi connectivity index (χ3n) is 3.09. The highest BCUT2D eigenvalue weighted by atomic mass is 35.5. The van der Waals surface area contributed by atoms with Crippen LogP contribution in [0.2, 0.25) is 10.0 Å². The van der Waals surface area contributed by atoms with E-state index in [0.717, 1.165) is 31.7 Å². The molecule has 1 N–H and O–H groups in total. The maximum absolute atomic E-state index is 6.26. The fraction of sp³-hybridized carbons (Fsp3) is 0.643. The third kappa shape index (κ3) is 5.27. The van der Waals surface area contributed by atoms with E-state index in [0.29, 0.717) is 16.0 Å². The summed E-state index contributed by atoms with van der Waals surface area (Å²) < 4.78 is 5.15. The summed E-state index contributed by atoms with van der Waals surface area (Å²) >= 11 is 12.2. The quantitative estimate of drug-likeness (QED) is 0.785. The lowest BCUT2D eigenvalue weighted by molar-refractivity contribution is 0.169. The van der Waals surface area contributed by atoms with Crippen LogP contribution in [0.1, 0.15) is 38.4 Å². The van der Waals surface area contributed by atoms with Gasteiger partial charge in [0.1, 0.15) is 0 Å². The van der Waals surface area contributed by atoms with E-state index in [2.05, 4.69) is 24.1 Å². The van der Waals surface area contributed by atoms with Crippen LogP contribution < -0.4 is 5.32 Å². The van der Waals surface area contributed by atoms with Crippen molar-refractivity contribution in [3.05, 3.63) is 28.0 Å². The van der Waals surface area contributed by atoms with Crippen molar-refractivity contribution < 1.29 is 4.74 Å². The molecule has 1 heterocycles.